The van der Waals surface area contributed by atoms with Gasteiger partial charge in [0.15, 0.2) is 6.10 Å². The zero-order chi connectivity index (χ0) is 22.6. The van der Waals surface area contributed by atoms with E-state index in [4.69, 9.17) is 9.47 Å². The van der Waals surface area contributed by atoms with Gasteiger partial charge in [0.1, 0.15) is 18.1 Å². The van der Waals surface area contributed by atoms with Gasteiger partial charge in [-0.2, -0.15) is 0 Å². The van der Waals surface area contributed by atoms with Crippen molar-refractivity contribution in [2.24, 2.45) is 0 Å². The van der Waals surface area contributed by atoms with Crippen molar-refractivity contribution in [1.82, 2.24) is 5.32 Å². The van der Waals surface area contributed by atoms with E-state index in [1.54, 1.807) is 31.2 Å². The Kier molecular flexibility index (Phi) is 6.79. The van der Waals surface area contributed by atoms with E-state index >= 15 is 0 Å². The van der Waals surface area contributed by atoms with Crippen molar-refractivity contribution in [3.8, 4) is 11.5 Å². The van der Waals surface area contributed by atoms with Crippen LogP contribution in [0.5, 0.6) is 11.5 Å². The predicted molar refractivity (Wildman–Crippen MR) is 121 cm³/mol. The maximum absolute atomic E-state index is 12.7. The Morgan fingerprint density at radius 3 is 2.55 bits per heavy atom. The number of amides is 1. The molecule has 2 aromatic rings. The van der Waals surface area contributed by atoms with Gasteiger partial charge in [-0.25, -0.2) is 8.42 Å². The van der Waals surface area contributed by atoms with Gasteiger partial charge < -0.3 is 14.8 Å². The SMILES string of the molecule is CCS(=O)(=O)N1C[C@H](C(=O)NCCOc2ccccc2C(C)(C)C)Oc2ccccc21. The third kappa shape index (κ3) is 5.31. The van der Waals surface area contributed by atoms with E-state index in [1.807, 2.05) is 24.3 Å². The number of rotatable bonds is 7. The summed E-state index contributed by atoms with van der Waals surface area (Å²) in [7, 11) is -3.53. The number of ether oxygens (including phenoxy) is 2. The second-order valence-corrected chi connectivity index (χ2v) is 10.6. The summed E-state index contributed by atoms with van der Waals surface area (Å²) >= 11 is 0. The van der Waals surface area contributed by atoms with Gasteiger partial charge in [-0.15, -0.1) is 0 Å². The molecule has 0 fully saturated rings. The molecular formula is C23H30N2O5S. The fourth-order valence-electron chi connectivity index (χ4n) is 3.42. The first-order chi connectivity index (χ1) is 14.6. The average Bonchev–Trinajstić information content (AvgIpc) is 2.75. The van der Waals surface area contributed by atoms with Crippen LogP contribution < -0.4 is 19.1 Å². The zero-order valence-electron chi connectivity index (χ0n) is 18.4. The number of nitrogens with one attached hydrogen (secondary N) is 1. The minimum absolute atomic E-state index is 0.0581. The molecule has 0 bridgehead atoms. The summed E-state index contributed by atoms with van der Waals surface area (Å²) < 4.78 is 38.0. The smallest absolute Gasteiger partial charge is 0.263 e. The molecule has 0 saturated carbocycles. The lowest BCUT2D eigenvalue weighted by Crippen LogP contribution is -2.51. The quantitative estimate of drug-likeness (QED) is 0.661. The highest BCUT2D eigenvalue weighted by Gasteiger charge is 2.35. The molecule has 0 spiro atoms. The van der Waals surface area contributed by atoms with Crippen LogP contribution in [-0.4, -0.2) is 45.9 Å². The van der Waals surface area contributed by atoms with Crippen LogP contribution in [0.15, 0.2) is 48.5 Å². The monoisotopic (exact) mass is 446 g/mol. The molecule has 8 heteroatoms. The Labute approximate surface area is 184 Å². The first-order valence-electron chi connectivity index (χ1n) is 10.4. The van der Waals surface area contributed by atoms with Gasteiger partial charge in [0.25, 0.3) is 5.91 Å². The molecule has 1 N–H and O–H groups in total. The molecule has 1 aliphatic heterocycles. The molecule has 168 valence electrons. The van der Waals surface area contributed by atoms with Crippen molar-refractivity contribution < 1.29 is 22.7 Å². The fraction of sp³-hybridized carbons (Fsp3) is 0.435. The van der Waals surface area contributed by atoms with Gasteiger partial charge in [-0.3, -0.25) is 9.10 Å². The number of para-hydroxylation sites is 3. The van der Waals surface area contributed by atoms with Gasteiger partial charge >= 0.3 is 0 Å². The van der Waals surface area contributed by atoms with Crippen molar-refractivity contribution in [2.45, 2.75) is 39.2 Å². The molecule has 0 unspecified atom stereocenters. The number of nitrogens with zero attached hydrogens (tertiary/aromatic N) is 1. The van der Waals surface area contributed by atoms with E-state index in [0.717, 1.165) is 11.3 Å². The Balaban J connectivity index is 1.62. The highest BCUT2D eigenvalue weighted by Crippen LogP contribution is 2.35. The minimum atomic E-state index is -3.53. The molecule has 0 radical (unpaired) electrons. The van der Waals surface area contributed by atoms with E-state index in [2.05, 4.69) is 26.1 Å². The Morgan fingerprint density at radius 1 is 1.16 bits per heavy atom. The number of carbonyl (C=O) groups excluding carboxylic acids is 1. The van der Waals surface area contributed by atoms with Crippen molar-refractivity contribution in [3.63, 3.8) is 0 Å². The first kappa shape index (κ1) is 22.9. The number of fused-ring (bicyclic) bond motifs is 1. The maximum Gasteiger partial charge on any atom is 0.263 e. The van der Waals surface area contributed by atoms with Crippen molar-refractivity contribution in [3.05, 3.63) is 54.1 Å². The second kappa shape index (κ2) is 9.18. The van der Waals surface area contributed by atoms with Gasteiger partial charge in [0, 0.05) is 0 Å². The first-order valence-corrected chi connectivity index (χ1v) is 12.0. The lowest BCUT2D eigenvalue weighted by atomic mass is 9.86. The highest BCUT2D eigenvalue weighted by molar-refractivity contribution is 7.92. The average molecular weight is 447 g/mol. The molecule has 1 aliphatic rings. The van der Waals surface area contributed by atoms with Crippen molar-refractivity contribution in [2.75, 3.05) is 29.8 Å². The number of sulfonamides is 1. The Bertz CT molecular complexity index is 1030. The molecule has 0 aromatic heterocycles. The van der Waals surface area contributed by atoms with Crippen LogP contribution in [0.4, 0.5) is 5.69 Å². The minimum Gasteiger partial charge on any atom is -0.491 e. The van der Waals surface area contributed by atoms with Crippen LogP contribution in [0.25, 0.3) is 0 Å². The molecule has 1 amide bonds. The number of hydrogen-bond donors (Lipinski definition) is 1. The summed E-state index contributed by atoms with van der Waals surface area (Å²) in [6.45, 7) is 8.43. The number of anilines is 1. The summed E-state index contributed by atoms with van der Waals surface area (Å²) in [4.78, 5) is 12.7. The van der Waals surface area contributed by atoms with Gasteiger partial charge in [-0.05, 0) is 36.1 Å². The van der Waals surface area contributed by atoms with Crippen LogP contribution in [-0.2, 0) is 20.2 Å². The van der Waals surface area contributed by atoms with Crippen molar-refractivity contribution >= 4 is 21.6 Å². The maximum atomic E-state index is 12.7. The number of carbonyl (C=O) groups is 1. The zero-order valence-corrected chi connectivity index (χ0v) is 19.2. The summed E-state index contributed by atoms with van der Waals surface area (Å²) in [6.07, 6.45) is -0.932. The molecule has 31 heavy (non-hydrogen) atoms. The predicted octanol–water partition coefficient (Wildman–Crippen LogP) is 3.10. The standard InChI is InChI=1S/C23H30N2O5S/c1-5-31(27,28)25-16-21(30-20-13-9-7-11-18(20)25)22(26)24-14-15-29-19-12-8-6-10-17(19)23(2,3)4/h6-13,21H,5,14-16H2,1-4H3,(H,24,26)/t21-/m1/s1. The van der Waals surface area contributed by atoms with Crippen LogP contribution >= 0.6 is 0 Å². The van der Waals surface area contributed by atoms with E-state index in [1.165, 1.54) is 4.31 Å². The molecule has 2 aromatic carbocycles. The van der Waals surface area contributed by atoms with E-state index in [-0.39, 0.29) is 30.2 Å². The summed E-state index contributed by atoms with van der Waals surface area (Å²) in [5.74, 6) is 0.726. The lowest BCUT2D eigenvalue weighted by molar-refractivity contribution is -0.127. The normalized spacial score (nSPS) is 16.3. The lowest BCUT2D eigenvalue weighted by Gasteiger charge is -2.34. The van der Waals surface area contributed by atoms with Gasteiger partial charge in [-0.1, -0.05) is 51.1 Å². The summed E-state index contributed by atoms with van der Waals surface area (Å²) in [5.41, 5.74) is 1.49. The fourth-order valence-corrected chi connectivity index (χ4v) is 4.54. The summed E-state index contributed by atoms with van der Waals surface area (Å²) in [6, 6.07) is 14.7. The molecule has 0 aliphatic carbocycles. The molecule has 1 atom stereocenters. The summed E-state index contributed by atoms with van der Waals surface area (Å²) in [5, 5.41) is 2.79. The second-order valence-electron chi connectivity index (χ2n) is 8.39. The Hall–Kier alpha value is -2.74. The third-order valence-electron chi connectivity index (χ3n) is 5.08. The van der Waals surface area contributed by atoms with Crippen LogP contribution in [0.1, 0.15) is 33.3 Å². The number of hydrogen-bond acceptors (Lipinski definition) is 5. The number of benzene rings is 2. The van der Waals surface area contributed by atoms with E-state index < -0.39 is 16.1 Å². The van der Waals surface area contributed by atoms with Gasteiger partial charge in [0.2, 0.25) is 10.0 Å². The van der Waals surface area contributed by atoms with Crippen LogP contribution in [0, 0.1) is 0 Å². The largest absolute Gasteiger partial charge is 0.491 e. The van der Waals surface area contributed by atoms with Crippen molar-refractivity contribution in [1.29, 1.82) is 0 Å². The van der Waals surface area contributed by atoms with E-state index in [9.17, 15) is 13.2 Å². The molecule has 7 nitrogen and oxygen atoms in total. The third-order valence-corrected chi connectivity index (χ3v) is 6.83. The molecule has 1 heterocycles. The van der Waals surface area contributed by atoms with Crippen LogP contribution in [0.2, 0.25) is 0 Å². The topological polar surface area (TPSA) is 84.9 Å². The van der Waals surface area contributed by atoms with Crippen LogP contribution in [0.3, 0.4) is 0 Å². The van der Waals surface area contributed by atoms with Gasteiger partial charge in [0.05, 0.1) is 24.5 Å². The molecule has 0 saturated heterocycles. The molecular weight excluding hydrogens is 416 g/mol. The Morgan fingerprint density at radius 2 is 1.84 bits per heavy atom. The highest BCUT2D eigenvalue weighted by atomic mass is 32.2. The van der Waals surface area contributed by atoms with E-state index in [0.29, 0.717) is 18.0 Å². The molecule has 3 rings (SSSR count).